The second kappa shape index (κ2) is 6.45. The number of nitrogens with one attached hydrogen (secondary N) is 1. The fourth-order valence-electron chi connectivity index (χ4n) is 1.88. The number of rotatable bonds is 5. The molecule has 0 saturated heterocycles. The minimum absolute atomic E-state index is 0.247. The smallest absolute Gasteiger partial charge is 0.123 e. The lowest BCUT2D eigenvalue weighted by Crippen LogP contribution is -2.13. The maximum Gasteiger partial charge on any atom is 0.123 e. The largest absolute Gasteiger partial charge is 0.508 e. The van der Waals surface area contributed by atoms with Gasteiger partial charge in [-0.3, -0.25) is 0 Å². The zero-order valence-electron chi connectivity index (χ0n) is 10.7. The predicted molar refractivity (Wildman–Crippen MR) is 76.7 cm³/mol. The summed E-state index contributed by atoms with van der Waals surface area (Å²) in [5.41, 5.74) is 1.86. The van der Waals surface area contributed by atoms with Gasteiger partial charge in [-0.05, 0) is 24.3 Å². The highest BCUT2D eigenvalue weighted by molar-refractivity contribution is 6.30. The molecule has 0 fully saturated rings. The minimum Gasteiger partial charge on any atom is -0.508 e. The number of hydrogen-bond acceptors (Lipinski definition) is 3. The highest BCUT2D eigenvalue weighted by Crippen LogP contribution is 2.22. The van der Waals surface area contributed by atoms with Gasteiger partial charge in [-0.1, -0.05) is 29.8 Å². The van der Waals surface area contributed by atoms with E-state index in [4.69, 9.17) is 16.3 Å². The minimum atomic E-state index is 0.247. The first-order valence-corrected chi connectivity index (χ1v) is 6.38. The topological polar surface area (TPSA) is 41.5 Å². The molecule has 2 N–H and O–H groups in total. The molecule has 100 valence electrons. The van der Waals surface area contributed by atoms with Crippen molar-refractivity contribution in [3.63, 3.8) is 0 Å². The summed E-state index contributed by atoms with van der Waals surface area (Å²) in [4.78, 5) is 0. The maximum absolute atomic E-state index is 9.71. The molecule has 19 heavy (non-hydrogen) atoms. The summed E-state index contributed by atoms with van der Waals surface area (Å²) in [7, 11) is 1.65. The molecule has 0 unspecified atom stereocenters. The zero-order chi connectivity index (χ0) is 13.7. The Labute approximate surface area is 117 Å². The van der Waals surface area contributed by atoms with Crippen LogP contribution in [0, 0.1) is 0 Å². The molecule has 0 heterocycles. The van der Waals surface area contributed by atoms with E-state index in [1.165, 1.54) is 0 Å². The van der Waals surface area contributed by atoms with Crippen molar-refractivity contribution in [3.8, 4) is 11.5 Å². The predicted octanol–water partition coefficient (Wildman–Crippen LogP) is 3.34. The fraction of sp³-hybridized carbons (Fsp3) is 0.200. The molecule has 2 aromatic rings. The number of ether oxygens (including phenoxy) is 1. The van der Waals surface area contributed by atoms with Gasteiger partial charge in [-0.2, -0.15) is 0 Å². The van der Waals surface area contributed by atoms with Crippen molar-refractivity contribution in [1.82, 2.24) is 5.32 Å². The second-order valence-electron chi connectivity index (χ2n) is 4.19. The van der Waals surface area contributed by atoms with Crippen LogP contribution in [-0.2, 0) is 13.1 Å². The quantitative estimate of drug-likeness (QED) is 0.881. The monoisotopic (exact) mass is 277 g/mol. The number of halogens is 1. The first kappa shape index (κ1) is 13.7. The van der Waals surface area contributed by atoms with Crippen LogP contribution in [0.5, 0.6) is 11.5 Å². The maximum atomic E-state index is 9.71. The van der Waals surface area contributed by atoms with Crippen molar-refractivity contribution in [2.75, 3.05) is 7.11 Å². The van der Waals surface area contributed by atoms with E-state index in [1.54, 1.807) is 25.3 Å². The van der Waals surface area contributed by atoms with Gasteiger partial charge in [0.2, 0.25) is 0 Å². The molecule has 0 spiro atoms. The van der Waals surface area contributed by atoms with E-state index in [9.17, 15) is 5.11 Å². The number of para-hydroxylation sites is 1. The molecule has 0 bridgehead atoms. The number of phenols is 1. The van der Waals surface area contributed by atoms with Crippen LogP contribution in [0.25, 0.3) is 0 Å². The summed E-state index contributed by atoms with van der Waals surface area (Å²) in [6.07, 6.45) is 0. The van der Waals surface area contributed by atoms with Gasteiger partial charge in [0.1, 0.15) is 11.5 Å². The average molecular weight is 278 g/mol. The van der Waals surface area contributed by atoms with Gasteiger partial charge < -0.3 is 15.2 Å². The fourth-order valence-corrected chi connectivity index (χ4v) is 2.07. The normalized spacial score (nSPS) is 10.4. The van der Waals surface area contributed by atoms with E-state index in [1.807, 2.05) is 24.3 Å². The first-order chi connectivity index (χ1) is 9.20. The molecule has 0 aliphatic rings. The number of aromatic hydroxyl groups is 1. The Bertz CT molecular complexity index is 558. The number of phenolic OH excluding ortho intramolecular Hbond substituents is 1. The summed E-state index contributed by atoms with van der Waals surface area (Å²) in [5, 5.41) is 13.6. The van der Waals surface area contributed by atoms with Crippen molar-refractivity contribution < 1.29 is 9.84 Å². The Kier molecular flexibility index (Phi) is 4.66. The van der Waals surface area contributed by atoms with E-state index >= 15 is 0 Å². The number of methoxy groups -OCH3 is 1. The lowest BCUT2D eigenvalue weighted by molar-refractivity contribution is 0.407. The molecule has 0 radical (unpaired) electrons. The molecule has 0 aliphatic carbocycles. The summed E-state index contributed by atoms with van der Waals surface area (Å²) in [6.45, 7) is 1.21. The molecule has 0 aromatic heterocycles. The van der Waals surface area contributed by atoms with Gasteiger partial charge in [-0.15, -0.1) is 0 Å². The molecule has 0 aliphatic heterocycles. The molecular weight excluding hydrogens is 262 g/mol. The van der Waals surface area contributed by atoms with Crippen molar-refractivity contribution >= 4 is 11.6 Å². The van der Waals surface area contributed by atoms with Crippen LogP contribution in [0.3, 0.4) is 0 Å². The SMILES string of the molecule is COc1ccccc1CNCc1cc(Cl)ccc1O. The molecule has 4 heteroatoms. The Morgan fingerprint density at radius 3 is 2.63 bits per heavy atom. The molecule has 0 amide bonds. The third-order valence-corrected chi connectivity index (χ3v) is 3.10. The summed E-state index contributed by atoms with van der Waals surface area (Å²) in [5.74, 6) is 1.10. The molecule has 0 saturated carbocycles. The van der Waals surface area contributed by atoms with Crippen LogP contribution in [0.4, 0.5) is 0 Å². The highest BCUT2D eigenvalue weighted by Gasteiger charge is 2.04. The zero-order valence-corrected chi connectivity index (χ0v) is 11.4. The van der Waals surface area contributed by atoms with Gasteiger partial charge in [-0.25, -0.2) is 0 Å². The van der Waals surface area contributed by atoms with Gasteiger partial charge in [0, 0.05) is 29.2 Å². The Balaban J connectivity index is 1.98. The van der Waals surface area contributed by atoms with Crippen molar-refractivity contribution in [2.24, 2.45) is 0 Å². The molecule has 2 aromatic carbocycles. The lowest BCUT2D eigenvalue weighted by atomic mass is 10.1. The van der Waals surface area contributed by atoms with Crippen molar-refractivity contribution in [3.05, 3.63) is 58.6 Å². The van der Waals surface area contributed by atoms with Crippen LogP contribution in [0.1, 0.15) is 11.1 Å². The first-order valence-electron chi connectivity index (χ1n) is 6.00. The van der Waals surface area contributed by atoms with E-state index in [0.29, 0.717) is 18.1 Å². The Hall–Kier alpha value is -1.71. The van der Waals surface area contributed by atoms with Gasteiger partial charge >= 0.3 is 0 Å². The second-order valence-corrected chi connectivity index (χ2v) is 4.62. The Morgan fingerprint density at radius 2 is 1.84 bits per heavy atom. The molecule has 3 nitrogen and oxygen atoms in total. The van der Waals surface area contributed by atoms with E-state index in [0.717, 1.165) is 16.9 Å². The van der Waals surface area contributed by atoms with E-state index in [2.05, 4.69) is 5.32 Å². The standard InChI is InChI=1S/C15H16ClNO2/c1-19-15-5-3-2-4-11(15)9-17-10-12-8-13(16)6-7-14(12)18/h2-8,17-18H,9-10H2,1H3. The summed E-state index contributed by atoms with van der Waals surface area (Å²) in [6, 6.07) is 12.9. The average Bonchev–Trinajstić information content (AvgIpc) is 2.43. The van der Waals surface area contributed by atoms with Crippen LogP contribution >= 0.6 is 11.6 Å². The number of benzene rings is 2. The van der Waals surface area contributed by atoms with Crippen LogP contribution in [-0.4, -0.2) is 12.2 Å². The molecular formula is C15H16ClNO2. The van der Waals surface area contributed by atoms with Crippen LogP contribution in [0.15, 0.2) is 42.5 Å². The van der Waals surface area contributed by atoms with Crippen LogP contribution in [0.2, 0.25) is 5.02 Å². The Morgan fingerprint density at radius 1 is 1.11 bits per heavy atom. The van der Waals surface area contributed by atoms with Crippen molar-refractivity contribution in [1.29, 1.82) is 0 Å². The van der Waals surface area contributed by atoms with Gasteiger partial charge in [0.15, 0.2) is 0 Å². The molecule has 2 rings (SSSR count). The van der Waals surface area contributed by atoms with Crippen molar-refractivity contribution in [2.45, 2.75) is 13.1 Å². The van der Waals surface area contributed by atoms with Gasteiger partial charge in [0.05, 0.1) is 7.11 Å². The van der Waals surface area contributed by atoms with E-state index in [-0.39, 0.29) is 5.75 Å². The third kappa shape index (κ3) is 3.63. The van der Waals surface area contributed by atoms with Crippen LogP contribution < -0.4 is 10.1 Å². The third-order valence-electron chi connectivity index (χ3n) is 2.86. The van der Waals surface area contributed by atoms with Gasteiger partial charge in [0.25, 0.3) is 0 Å². The lowest BCUT2D eigenvalue weighted by Gasteiger charge is -2.10. The van der Waals surface area contributed by atoms with E-state index < -0.39 is 0 Å². The number of hydrogen-bond donors (Lipinski definition) is 2. The summed E-state index contributed by atoms with van der Waals surface area (Å²) >= 11 is 5.90. The molecule has 0 atom stereocenters. The highest BCUT2D eigenvalue weighted by atomic mass is 35.5. The summed E-state index contributed by atoms with van der Waals surface area (Å²) < 4.78 is 5.28.